The van der Waals surface area contributed by atoms with Gasteiger partial charge in [0.25, 0.3) is 0 Å². The second kappa shape index (κ2) is 5.31. The molecule has 0 radical (unpaired) electrons. The lowest BCUT2D eigenvalue weighted by Gasteiger charge is -2.15. The van der Waals surface area contributed by atoms with Gasteiger partial charge in [0.2, 0.25) is 5.96 Å². The number of guanidine groups is 1. The first-order valence-corrected chi connectivity index (χ1v) is 5.93. The molecule has 1 aromatic carbocycles. The van der Waals surface area contributed by atoms with Crippen LogP contribution >= 0.6 is 23.2 Å². The van der Waals surface area contributed by atoms with Gasteiger partial charge in [-0.2, -0.15) is 0 Å². The standard InChI is InChI=1S/C12H11Cl2N3/c1-2-6-17-7-5-15-12(17)16-11-4-3-9(13)8-10(11)14/h3-4,8H,5,7H2,1H3,(H,15,16). The molecule has 0 aliphatic carbocycles. The summed E-state index contributed by atoms with van der Waals surface area (Å²) in [7, 11) is 0. The lowest BCUT2D eigenvalue weighted by atomic mass is 10.3. The quantitative estimate of drug-likeness (QED) is 0.793. The van der Waals surface area contributed by atoms with Gasteiger partial charge in [-0.1, -0.05) is 29.1 Å². The molecule has 0 saturated heterocycles. The average molecular weight is 268 g/mol. The highest BCUT2D eigenvalue weighted by atomic mass is 35.5. The molecule has 0 fully saturated rings. The van der Waals surface area contributed by atoms with Gasteiger partial charge in [0.1, 0.15) is 0 Å². The van der Waals surface area contributed by atoms with Crippen LogP contribution in [-0.4, -0.2) is 23.9 Å². The summed E-state index contributed by atoms with van der Waals surface area (Å²) in [6, 6.07) is 8.26. The predicted octanol–water partition coefficient (Wildman–Crippen LogP) is 3.06. The van der Waals surface area contributed by atoms with Gasteiger partial charge in [0, 0.05) is 11.1 Å². The van der Waals surface area contributed by atoms with Gasteiger partial charge in [0.05, 0.1) is 23.8 Å². The Labute approximate surface area is 110 Å². The van der Waals surface area contributed by atoms with Gasteiger partial charge in [0.15, 0.2) is 0 Å². The summed E-state index contributed by atoms with van der Waals surface area (Å²) >= 11 is 11.9. The zero-order chi connectivity index (χ0) is 12.3. The predicted molar refractivity (Wildman–Crippen MR) is 72.5 cm³/mol. The Hall–Kier alpha value is -1.37. The van der Waals surface area contributed by atoms with Crippen LogP contribution in [0.5, 0.6) is 0 Å². The van der Waals surface area contributed by atoms with Gasteiger partial charge in [-0.05, 0) is 25.1 Å². The summed E-state index contributed by atoms with van der Waals surface area (Å²) in [5.74, 6) is 3.58. The van der Waals surface area contributed by atoms with Gasteiger partial charge in [-0.15, -0.1) is 0 Å². The van der Waals surface area contributed by atoms with Crippen LogP contribution in [0.15, 0.2) is 23.2 Å². The van der Waals surface area contributed by atoms with Gasteiger partial charge < -0.3 is 5.32 Å². The highest BCUT2D eigenvalue weighted by molar-refractivity contribution is 6.36. The van der Waals surface area contributed by atoms with Crippen molar-refractivity contribution in [1.82, 2.24) is 4.90 Å². The van der Waals surface area contributed by atoms with E-state index in [1.54, 1.807) is 19.1 Å². The van der Waals surface area contributed by atoms with Gasteiger partial charge in [-0.25, -0.2) is 0 Å². The molecule has 1 N–H and O–H groups in total. The Kier molecular flexibility index (Phi) is 3.78. The summed E-state index contributed by atoms with van der Waals surface area (Å²) in [5.41, 5.74) is 0.777. The smallest absolute Gasteiger partial charge is 0.210 e. The summed E-state index contributed by atoms with van der Waals surface area (Å²) in [5, 5.41) is 4.33. The van der Waals surface area contributed by atoms with E-state index in [1.807, 2.05) is 11.0 Å². The first-order valence-electron chi connectivity index (χ1n) is 5.17. The number of halogens is 2. The van der Waals surface area contributed by atoms with E-state index < -0.39 is 0 Å². The van der Waals surface area contributed by atoms with Crippen LogP contribution in [0.1, 0.15) is 6.92 Å². The minimum absolute atomic E-state index is 0.566. The van der Waals surface area contributed by atoms with Crippen molar-refractivity contribution in [3.05, 3.63) is 28.2 Å². The first-order chi connectivity index (χ1) is 8.20. The Balaban J connectivity index is 2.17. The number of rotatable bonds is 1. The molecule has 0 amide bonds. The van der Waals surface area contributed by atoms with Crippen molar-refractivity contribution in [2.75, 3.05) is 18.4 Å². The van der Waals surface area contributed by atoms with Crippen LogP contribution in [0.25, 0.3) is 0 Å². The van der Waals surface area contributed by atoms with Crippen LogP contribution in [0.3, 0.4) is 0 Å². The zero-order valence-electron chi connectivity index (χ0n) is 9.30. The Morgan fingerprint density at radius 1 is 1.41 bits per heavy atom. The normalized spacial score (nSPS) is 14.1. The van der Waals surface area contributed by atoms with Crippen LogP contribution in [-0.2, 0) is 0 Å². The molecule has 1 aliphatic rings. The van der Waals surface area contributed by atoms with E-state index in [2.05, 4.69) is 22.3 Å². The third kappa shape index (κ3) is 2.85. The molecule has 5 heteroatoms. The largest absolute Gasteiger partial charge is 0.324 e. The van der Waals surface area contributed by atoms with Crippen molar-refractivity contribution in [1.29, 1.82) is 0 Å². The maximum absolute atomic E-state index is 6.08. The molecule has 1 aliphatic heterocycles. The highest BCUT2D eigenvalue weighted by Gasteiger charge is 2.15. The maximum Gasteiger partial charge on any atom is 0.210 e. The second-order valence-electron chi connectivity index (χ2n) is 3.47. The molecule has 17 heavy (non-hydrogen) atoms. The van der Waals surface area contributed by atoms with E-state index >= 15 is 0 Å². The van der Waals surface area contributed by atoms with E-state index in [1.165, 1.54) is 0 Å². The van der Waals surface area contributed by atoms with Crippen molar-refractivity contribution in [2.45, 2.75) is 6.92 Å². The number of benzene rings is 1. The van der Waals surface area contributed by atoms with E-state index in [-0.39, 0.29) is 0 Å². The highest BCUT2D eigenvalue weighted by Crippen LogP contribution is 2.25. The van der Waals surface area contributed by atoms with Crippen molar-refractivity contribution in [3.63, 3.8) is 0 Å². The third-order valence-corrected chi connectivity index (χ3v) is 2.81. The fourth-order valence-electron chi connectivity index (χ4n) is 1.51. The van der Waals surface area contributed by atoms with Crippen LogP contribution in [0.4, 0.5) is 5.69 Å². The van der Waals surface area contributed by atoms with Gasteiger partial charge in [-0.3, -0.25) is 9.89 Å². The van der Waals surface area contributed by atoms with Crippen LogP contribution in [0.2, 0.25) is 10.0 Å². The minimum Gasteiger partial charge on any atom is -0.324 e. The molecule has 0 aromatic heterocycles. The van der Waals surface area contributed by atoms with Crippen molar-refractivity contribution < 1.29 is 0 Å². The molecule has 0 spiro atoms. The molecule has 0 saturated carbocycles. The number of hydrogen-bond donors (Lipinski definition) is 1. The Morgan fingerprint density at radius 2 is 2.24 bits per heavy atom. The fourth-order valence-corrected chi connectivity index (χ4v) is 1.97. The van der Waals surface area contributed by atoms with Gasteiger partial charge >= 0.3 is 0 Å². The van der Waals surface area contributed by atoms with E-state index in [4.69, 9.17) is 23.2 Å². The topological polar surface area (TPSA) is 27.6 Å². The number of anilines is 1. The minimum atomic E-state index is 0.566. The molecule has 1 aromatic rings. The molecule has 2 rings (SSSR count). The van der Waals surface area contributed by atoms with Crippen LogP contribution in [0, 0.1) is 12.0 Å². The lowest BCUT2D eigenvalue weighted by Crippen LogP contribution is -2.28. The number of nitrogens with zero attached hydrogens (tertiary/aromatic N) is 2. The summed E-state index contributed by atoms with van der Waals surface area (Å²) in [6.45, 7) is 3.34. The molecule has 3 nitrogen and oxygen atoms in total. The molecular weight excluding hydrogens is 257 g/mol. The van der Waals surface area contributed by atoms with E-state index in [0.29, 0.717) is 10.0 Å². The summed E-state index contributed by atoms with van der Waals surface area (Å²) < 4.78 is 0. The summed E-state index contributed by atoms with van der Waals surface area (Å²) in [4.78, 5) is 6.20. The Morgan fingerprint density at radius 3 is 2.94 bits per heavy atom. The first kappa shape index (κ1) is 12.1. The van der Waals surface area contributed by atoms with Crippen molar-refractivity contribution >= 4 is 34.8 Å². The fraction of sp³-hybridized carbons (Fsp3) is 0.250. The molecule has 88 valence electrons. The zero-order valence-corrected chi connectivity index (χ0v) is 10.8. The van der Waals surface area contributed by atoms with Crippen molar-refractivity contribution in [3.8, 4) is 12.0 Å². The number of aliphatic imine (C=N–C) groups is 1. The molecule has 1 heterocycles. The van der Waals surface area contributed by atoms with E-state index in [9.17, 15) is 0 Å². The molecule has 0 bridgehead atoms. The molecule has 0 unspecified atom stereocenters. The lowest BCUT2D eigenvalue weighted by molar-refractivity contribution is 0.641. The second-order valence-corrected chi connectivity index (χ2v) is 4.31. The van der Waals surface area contributed by atoms with E-state index in [0.717, 1.165) is 24.7 Å². The monoisotopic (exact) mass is 267 g/mol. The Bertz CT molecular complexity index is 514. The molecular formula is C12H11Cl2N3. The molecule has 0 atom stereocenters. The van der Waals surface area contributed by atoms with Crippen LogP contribution < -0.4 is 5.32 Å². The SMILES string of the molecule is CC#CN1CCN=C1Nc1ccc(Cl)cc1Cl. The number of nitrogens with one attached hydrogen (secondary N) is 1. The average Bonchev–Trinajstić information content (AvgIpc) is 2.71. The number of hydrogen-bond acceptors (Lipinski definition) is 3. The third-order valence-electron chi connectivity index (χ3n) is 2.27. The summed E-state index contributed by atoms with van der Waals surface area (Å²) in [6.07, 6.45) is 0. The maximum atomic E-state index is 6.08. The van der Waals surface area contributed by atoms with Crippen molar-refractivity contribution in [2.24, 2.45) is 4.99 Å².